The Hall–Kier alpha value is -1.14. The molecule has 0 saturated carbocycles. The first-order valence-electron chi connectivity index (χ1n) is 8.07. The molecule has 0 bridgehead atoms. The van der Waals surface area contributed by atoms with Crippen molar-refractivity contribution in [3.05, 3.63) is 34.9 Å². The van der Waals surface area contributed by atoms with Gasteiger partial charge in [-0.1, -0.05) is 23.7 Å². The normalized spacial score (nSPS) is 18.4. The molecular weight excluding hydrogens is 316 g/mol. The molecule has 6 heteroatoms. The quantitative estimate of drug-likeness (QED) is 0.797. The second-order valence-electron chi connectivity index (χ2n) is 5.98. The maximum atomic E-state index is 12.0. The van der Waals surface area contributed by atoms with Gasteiger partial charge in [0.2, 0.25) is 5.91 Å². The molecule has 0 aliphatic carbocycles. The predicted octanol–water partition coefficient (Wildman–Crippen LogP) is 1.99. The Bertz CT molecular complexity index is 489. The summed E-state index contributed by atoms with van der Waals surface area (Å²) in [6.07, 6.45) is 0.144. The molecule has 128 valence electrons. The number of amides is 1. The van der Waals surface area contributed by atoms with E-state index in [9.17, 15) is 9.90 Å². The van der Waals surface area contributed by atoms with E-state index in [1.165, 1.54) is 0 Å². The highest BCUT2D eigenvalue weighted by Gasteiger charge is 2.16. The van der Waals surface area contributed by atoms with E-state index in [4.69, 9.17) is 16.3 Å². The molecule has 1 aliphatic heterocycles. The molecule has 2 atom stereocenters. The SMILES string of the molecule is CC(CCN1CCOCC1)NC(=O)CC(O)c1ccc(Cl)cc1. The van der Waals surface area contributed by atoms with Gasteiger partial charge in [-0.2, -0.15) is 0 Å². The van der Waals surface area contributed by atoms with E-state index in [0.717, 1.165) is 39.3 Å². The molecule has 1 saturated heterocycles. The molecule has 1 fully saturated rings. The standard InChI is InChI=1S/C17H25ClN2O3/c1-13(6-7-20-8-10-23-11-9-20)19-17(22)12-16(21)14-2-4-15(18)5-3-14/h2-5,13,16,21H,6-12H2,1H3,(H,19,22). The smallest absolute Gasteiger partial charge is 0.223 e. The Morgan fingerprint density at radius 2 is 2.00 bits per heavy atom. The number of carbonyl (C=O) groups is 1. The molecule has 2 N–H and O–H groups in total. The minimum Gasteiger partial charge on any atom is -0.388 e. The number of morpholine rings is 1. The summed E-state index contributed by atoms with van der Waals surface area (Å²) in [5.41, 5.74) is 0.700. The largest absolute Gasteiger partial charge is 0.388 e. The lowest BCUT2D eigenvalue weighted by Crippen LogP contribution is -2.40. The van der Waals surface area contributed by atoms with Gasteiger partial charge in [0.1, 0.15) is 0 Å². The fraction of sp³-hybridized carbons (Fsp3) is 0.588. The summed E-state index contributed by atoms with van der Waals surface area (Å²) in [7, 11) is 0. The number of benzene rings is 1. The molecule has 0 radical (unpaired) electrons. The van der Waals surface area contributed by atoms with Gasteiger partial charge in [0.05, 0.1) is 25.7 Å². The number of carbonyl (C=O) groups excluding carboxylic acids is 1. The Kier molecular flexibility index (Phi) is 7.30. The van der Waals surface area contributed by atoms with E-state index in [0.29, 0.717) is 10.6 Å². The lowest BCUT2D eigenvalue weighted by molar-refractivity contribution is -0.123. The number of hydrogen-bond acceptors (Lipinski definition) is 4. The van der Waals surface area contributed by atoms with Crippen molar-refractivity contribution in [3.63, 3.8) is 0 Å². The summed E-state index contributed by atoms with van der Waals surface area (Å²) in [6, 6.07) is 6.98. The third-order valence-electron chi connectivity index (χ3n) is 4.02. The molecule has 1 aliphatic rings. The molecule has 0 aromatic heterocycles. The highest BCUT2D eigenvalue weighted by molar-refractivity contribution is 6.30. The molecular formula is C17H25ClN2O3. The maximum Gasteiger partial charge on any atom is 0.223 e. The Morgan fingerprint density at radius 1 is 1.35 bits per heavy atom. The lowest BCUT2D eigenvalue weighted by atomic mass is 10.1. The molecule has 1 amide bonds. The number of rotatable bonds is 7. The van der Waals surface area contributed by atoms with Gasteiger partial charge in [-0.15, -0.1) is 0 Å². The molecule has 1 aromatic rings. The van der Waals surface area contributed by atoms with Crippen LogP contribution in [0.5, 0.6) is 0 Å². The summed E-state index contributed by atoms with van der Waals surface area (Å²) in [5.74, 6) is -0.137. The Labute approximate surface area is 142 Å². The first-order chi connectivity index (χ1) is 11.0. The first kappa shape index (κ1) is 18.2. The van der Waals surface area contributed by atoms with Gasteiger partial charge in [0, 0.05) is 30.7 Å². The second kappa shape index (κ2) is 9.23. The molecule has 2 unspecified atom stereocenters. The Morgan fingerprint density at radius 3 is 2.65 bits per heavy atom. The van der Waals surface area contributed by atoms with E-state index in [2.05, 4.69) is 10.2 Å². The second-order valence-corrected chi connectivity index (χ2v) is 6.42. The summed E-state index contributed by atoms with van der Waals surface area (Å²) >= 11 is 5.82. The molecule has 2 rings (SSSR count). The number of nitrogens with zero attached hydrogens (tertiary/aromatic N) is 1. The predicted molar refractivity (Wildman–Crippen MR) is 90.5 cm³/mol. The maximum absolute atomic E-state index is 12.0. The van der Waals surface area contributed by atoms with Gasteiger partial charge < -0.3 is 15.2 Å². The highest BCUT2D eigenvalue weighted by Crippen LogP contribution is 2.19. The summed E-state index contributed by atoms with van der Waals surface area (Å²) in [6.45, 7) is 6.42. The van der Waals surface area contributed by atoms with Crippen LogP contribution in [0.2, 0.25) is 5.02 Å². The van der Waals surface area contributed by atoms with Gasteiger partial charge in [-0.25, -0.2) is 0 Å². The molecule has 1 aromatic carbocycles. The zero-order chi connectivity index (χ0) is 16.7. The van der Waals surface area contributed by atoms with E-state index < -0.39 is 6.10 Å². The van der Waals surface area contributed by atoms with Crippen LogP contribution in [0, 0.1) is 0 Å². The van der Waals surface area contributed by atoms with Crippen LogP contribution >= 0.6 is 11.6 Å². The van der Waals surface area contributed by atoms with Crippen LogP contribution in [0.25, 0.3) is 0 Å². The van der Waals surface area contributed by atoms with Crippen molar-refractivity contribution < 1.29 is 14.6 Å². The third kappa shape index (κ3) is 6.47. The highest BCUT2D eigenvalue weighted by atomic mass is 35.5. The van der Waals surface area contributed by atoms with Crippen LogP contribution in [0.3, 0.4) is 0 Å². The minimum atomic E-state index is -0.807. The third-order valence-corrected chi connectivity index (χ3v) is 4.27. The number of halogens is 1. The van der Waals surface area contributed by atoms with Gasteiger partial charge in [-0.05, 0) is 31.0 Å². The van der Waals surface area contributed by atoms with E-state index in [-0.39, 0.29) is 18.4 Å². The topological polar surface area (TPSA) is 61.8 Å². The monoisotopic (exact) mass is 340 g/mol. The summed E-state index contributed by atoms with van der Waals surface area (Å²) < 4.78 is 5.32. The number of aliphatic hydroxyl groups is 1. The van der Waals surface area contributed by atoms with Crippen LogP contribution < -0.4 is 5.32 Å². The van der Waals surface area contributed by atoms with Crippen molar-refractivity contribution in [2.24, 2.45) is 0 Å². The zero-order valence-electron chi connectivity index (χ0n) is 13.5. The van der Waals surface area contributed by atoms with Crippen molar-refractivity contribution in [2.75, 3.05) is 32.8 Å². The van der Waals surface area contributed by atoms with Crippen LogP contribution in [-0.2, 0) is 9.53 Å². The average molecular weight is 341 g/mol. The first-order valence-corrected chi connectivity index (χ1v) is 8.45. The minimum absolute atomic E-state index is 0.0591. The number of aliphatic hydroxyl groups excluding tert-OH is 1. The van der Waals surface area contributed by atoms with Gasteiger partial charge >= 0.3 is 0 Å². The van der Waals surface area contributed by atoms with Gasteiger partial charge in [0.15, 0.2) is 0 Å². The average Bonchev–Trinajstić information content (AvgIpc) is 2.54. The van der Waals surface area contributed by atoms with Gasteiger partial charge in [0.25, 0.3) is 0 Å². The fourth-order valence-electron chi connectivity index (χ4n) is 2.59. The molecule has 1 heterocycles. The zero-order valence-corrected chi connectivity index (χ0v) is 14.3. The van der Waals surface area contributed by atoms with Crippen molar-refractivity contribution in [2.45, 2.75) is 31.9 Å². The van der Waals surface area contributed by atoms with Crippen molar-refractivity contribution in [1.29, 1.82) is 0 Å². The van der Waals surface area contributed by atoms with Crippen molar-refractivity contribution >= 4 is 17.5 Å². The lowest BCUT2D eigenvalue weighted by Gasteiger charge is -2.27. The van der Waals surface area contributed by atoms with Crippen LogP contribution in [0.15, 0.2) is 24.3 Å². The van der Waals surface area contributed by atoms with Crippen molar-refractivity contribution in [1.82, 2.24) is 10.2 Å². The molecule has 23 heavy (non-hydrogen) atoms. The molecule has 5 nitrogen and oxygen atoms in total. The number of hydrogen-bond donors (Lipinski definition) is 2. The van der Waals surface area contributed by atoms with Crippen LogP contribution in [0.1, 0.15) is 31.4 Å². The number of ether oxygens (including phenoxy) is 1. The van der Waals surface area contributed by atoms with Crippen LogP contribution in [-0.4, -0.2) is 54.8 Å². The van der Waals surface area contributed by atoms with Crippen molar-refractivity contribution in [3.8, 4) is 0 Å². The summed E-state index contributed by atoms with van der Waals surface area (Å²) in [4.78, 5) is 14.4. The number of nitrogens with one attached hydrogen (secondary N) is 1. The van der Waals surface area contributed by atoms with E-state index >= 15 is 0 Å². The summed E-state index contributed by atoms with van der Waals surface area (Å²) in [5, 5.41) is 13.7. The van der Waals surface area contributed by atoms with E-state index in [1.807, 2.05) is 6.92 Å². The van der Waals surface area contributed by atoms with Gasteiger partial charge in [-0.3, -0.25) is 9.69 Å². The van der Waals surface area contributed by atoms with Crippen LogP contribution in [0.4, 0.5) is 0 Å². The fourth-order valence-corrected chi connectivity index (χ4v) is 2.71. The molecule has 0 spiro atoms. The Balaban J connectivity index is 1.69. The van der Waals surface area contributed by atoms with E-state index in [1.54, 1.807) is 24.3 Å².